The molecule has 4 rings (SSSR count). The highest BCUT2D eigenvalue weighted by atomic mass is 16.6. The van der Waals surface area contributed by atoms with Crippen molar-refractivity contribution in [2.75, 3.05) is 5.32 Å². The molecule has 6 nitrogen and oxygen atoms in total. The second-order valence-corrected chi connectivity index (χ2v) is 6.41. The Hall–Kier alpha value is -3.59. The standard InChI is InChI=1S/C21H18N4O2/c1-25-14-15(12-23-25)7-8-17-11-18(13-22-20(17)16-9-10-16)24-21(26)27-19-5-3-2-4-6-19/h2-6,11-14,16H,9-10H2,1H3,(H,24,26). The number of amides is 1. The Balaban J connectivity index is 1.54. The van der Waals surface area contributed by atoms with E-state index < -0.39 is 6.09 Å². The fraction of sp³-hybridized carbons (Fsp3) is 0.190. The maximum atomic E-state index is 12.1. The maximum absolute atomic E-state index is 12.1. The van der Waals surface area contributed by atoms with E-state index in [2.05, 4.69) is 27.2 Å². The lowest BCUT2D eigenvalue weighted by molar-refractivity contribution is 0.215. The first-order chi connectivity index (χ1) is 13.2. The molecule has 1 amide bonds. The average molecular weight is 358 g/mol. The van der Waals surface area contributed by atoms with Gasteiger partial charge in [-0.3, -0.25) is 15.0 Å². The highest BCUT2D eigenvalue weighted by Gasteiger charge is 2.27. The van der Waals surface area contributed by atoms with Gasteiger partial charge in [-0.2, -0.15) is 5.10 Å². The second kappa shape index (κ2) is 7.34. The number of aromatic nitrogens is 3. The number of pyridine rings is 1. The molecule has 2 aromatic heterocycles. The van der Waals surface area contributed by atoms with Crippen molar-refractivity contribution >= 4 is 11.8 Å². The van der Waals surface area contributed by atoms with E-state index in [-0.39, 0.29) is 0 Å². The Morgan fingerprint density at radius 3 is 2.74 bits per heavy atom. The molecule has 1 aliphatic rings. The van der Waals surface area contributed by atoms with Gasteiger partial charge in [0.25, 0.3) is 0 Å². The third-order valence-electron chi connectivity index (χ3n) is 4.13. The summed E-state index contributed by atoms with van der Waals surface area (Å²) in [7, 11) is 1.85. The summed E-state index contributed by atoms with van der Waals surface area (Å²) in [4.78, 5) is 16.6. The molecule has 1 aromatic carbocycles. The highest BCUT2D eigenvalue weighted by Crippen LogP contribution is 2.40. The molecule has 134 valence electrons. The number of anilines is 1. The van der Waals surface area contributed by atoms with Crippen molar-refractivity contribution in [3.8, 4) is 17.6 Å². The molecule has 2 heterocycles. The van der Waals surface area contributed by atoms with E-state index in [1.165, 1.54) is 0 Å². The molecule has 0 spiro atoms. The number of rotatable bonds is 3. The fourth-order valence-corrected chi connectivity index (χ4v) is 2.69. The zero-order valence-electron chi connectivity index (χ0n) is 14.8. The fourth-order valence-electron chi connectivity index (χ4n) is 2.69. The van der Waals surface area contributed by atoms with Gasteiger partial charge in [0.2, 0.25) is 0 Å². The van der Waals surface area contributed by atoms with Crippen LogP contribution in [0.3, 0.4) is 0 Å². The smallest absolute Gasteiger partial charge is 0.410 e. The number of benzene rings is 1. The van der Waals surface area contributed by atoms with Gasteiger partial charge in [0, 0.05) is 24.7 Å². The van der Waals surface area contributed by atoms with Gasteiger partial charge >= 0.3 is 6.09 Å². The van der Waals surface area contributed by atoms with Crippen molar-refractivity contribution in [2.45, 2.75) is 18.8 Å². The number of carbonyl (C=O) groups excluding carboxylic acids is 1. The summed E-state index contributed by atoms with van der Waals surface area (Å²) in [6, 6.07) is 10.8. The molecule has 0 aliphatic heterocycles. The van der Waals surface area contributed by atoms with E-state index in [9.17, 15) is 4.79 Å². The monoisotopic (exact) mass is 358 g/mol. The van der Waals surface area contributed by atoms with Crippen molar-refractivity contribution < 1.29 is 9.53 Å². The van der Waals surface area contributed by atoms with E-state index >= 15 is 0 Å². The minimum atomic E-state index is -0.562. The van der Waals surface area contributed by atoms with Crippen LogP contribution < -0.4 is 10.1 Å². The van der Waals surface area contributed by atoms with Gasteiger partial charge in [-0.25, -0.2) is 4.79 Å². The Kier molecular flexibility index (Phi) is 4.58. The summed E-state index contributed by atoms with van der Waals surface area (Å²) in [5, 5.41) is 6.83. The Morgan fingerprint density at radius 2 is 2.04 bits per heavy atom. The van der Waals surface area contributed by atoms with Crippen LogP contribution in [0.5, 0.6) is 5.75 Å². The molecule has 1 fully saturated rings. The highest BCUT2D eigenvalue weighted by molar-refractivity contribution is 5.86. The summed E-state index contributed by atoms with van der Waals surface area (Å²) >= 11 is 0. The predicted octanol–water partition coefficient (Wildman–Crippen LogP) is 3.70. The minimum absolute atomic E-state index is 0.452. The normalized spacial score (nSPS) is 12.8. The molecule has 0 unspecified atom stereocenters. The van der Waals surface area contributed by atoms with Gasteiger partial charge < -0.3 is 4.74 Å². The number of ether oxygens (including phenoxy) is 1. The number of nitrogens with zero attached hydrogens (tertiary/aromatic N) is 3. The Labute approximate surface area is 157 Å². The molecule has 0 saturated heterocycles. The zero-order chi connectivity index (χ0) is 18.6. The lowest BCUT2D eigenvalue weighted by Crippen LogP contribution is -2.17. The summed E-state index contributed by atoms with van der Waals surface area (Å²) in [5.74, 6) is 7.21. The number of carbonyl (C=O) groups is 1. The number of nitrogens with one attached hydrogen (secondary N) is 1. The third-order valence-corrected chi connectivity index (χ3v) is 4.13. The average Bonchev–Trinajstić information content (AvgIpc) is 3.42. The lowest BCUT2D eigenvalue weighted by Gasteiger charge is -2.08. The van der Waals surface area contributed by atoms with Crippen molar-refractivity contribution in [2.24, 2.45) is 7.05 Å². The predicted molar refractivity (Wildman–Crippen MR) is 101 cm³/mol. The van der Waals surface area contributed by atoms with Gasteiger partial charge in [0.1, 0.15) is 5.75 Å². The largest absolute Gasteiger partial charge is 0.417 e. The van der Waals surface area contributed by atoms with E-state index in [0.29, 0.717) is 17.4 Å². The molecule has 27 heavy (non-hydrogen) atoms. The number of hydrogen-bond donors (Lipinski definition) is 1. The number of hydrogen-bond acceptors (Lipinski definition) is 4. The van der Waals surface area contributed by atoms with Gasteiger partial charge in [0.05, 0.1) is 29.3 Å². The molecule has 0 bridgehead atoms. The molecule has 6 heteroatoms. The summed E-state index contributed by atoms with van der Waals surface area (Å²) < 4.78 is 6.97. The van der Waals surface area contributed by atoms with E-state index in [0.717, 1.165) is 29.7 Å². The Morgan fingerprint density at radius 1 is 1.22 bits per heavy atom. The number of para-hydroxylation sites is 1. The van der Waals surface area contributed by atoms with E-state index in [4.69, 9.17) is 4.74 Å². The van der Waals surface area contributed by atoms with E-state index in [1.54, 1.807) is 41.3 Å². The molecule has 0 radical (unpaired) electrons. The van der Waals surface area contributed by atoms with Crippen LogP contribution in [-0.4, -0.2) is 20.9 Å². The molecule has 1 saturated carbocycles. The zero-order valence-corrected chi connectivity index (χ0v) is 14.8. The van der Waals surface area contributed by atoms with Crippen LogP contribution in [0, 0.1) is 11.8 Å². The minimum Gasteiger partial charge on any atom is -0.410 e. The molecular weight excluding hydrogens is 340 g/mol. The molecule has 0 atom stereocenters. The molecule has 1 aliphatic carbocycles. The quantitative estimate of drug-likeness (QED) is 0.725. The number of aryl methyl sites for hydroxylation is 1. The van der Waals surface area contributed by atoms with Crippen molar-refractivity contribution in [3.63, 3.8) is 0 Å². The van der Waals surface area contributed by atoms with Crippen LogP contribution in [0.4, 0.5) is 10.5 Å². The van der Waals surface area contributed by atoms with Crippen LogP contribution in [0.15, 0.2) is 55.0 Å². The summed E-state index contributed by atoms with van der Waals surface area (Å²) in [5.41, 5.74) is 3.18. The van der Waals surface area contributed by atoms with Gasteiger partial charge in [0.15, 0.2) is 0 Å². The van der Waals surface area contributed by atoms with Crippen molar-refractivity contribution in [3.05, 3.63) is 71.8 Å². The topological polar surface area (TPSA) is 69.0 Å². The van der Waals surface area contributed by atoms with Gasteiger partial charge in [-0.05, 0) is 31.0 Å². The van der Waals surface area contributed by atoms with Crippen LogP contribution in [0.1, 0.15) is 35.6 Å². The summed E-state index contributed by atoms with van der Waals surface area (Å²) in [6.07, 6.45) is 6.91. The first-order valence-electron chi connectivity index (χ1n) is 8.72. The SMILES string of the molecule is Cn1cc(C#Cc2cc(NC(=O)Oc3ccccc3)cnc2C2CC2)cn1. The van der Waals surface area contributed by atoms with Crippen LogP contribution in [-0.2, 0) is 7.05 Å². The third kappa shape index (κ3) is 4.33. The molecule has 3 aromatic rings. The first-order valence-corrected chi connectivity index (χ1v) is 8.72. The van der Waals surface area contributed by atoms with Crippen molar-refractivity contribution in [1.82, 2.24) is 14.8 Å². The second-order valence-electron chi connectivity index (χ2n) is 6.41. The molecule has 1 N–H and O–H groups in total. The van der Waals surface area contributed by atoms with Crippen LogP contribution >= 0.6 is 0 Å². The maximum Gasteiger partial charge on any atom is 0.417 e. The van der Waals surface area contributed by atoms with Gasteiger partial charge in [-0.1, -0.05) is 30.0 Å². The molecular formula is C21H18N4O2. The van der Waals surface area contributed by atoms with E-state index in [1.807, 2.05) is 25.4 Å². The first kappa shape index (κ1) is 16.9. The van der Waals surface area contributed by atoms with Gasteiger partial charge in [-0.15, -0.1) is 0 Å². The lowest BCUT2D eigenvalue weighted by atomic mass is 10.1. The van der Waals surface area contributed by atoms with Crippen LogP contribution in [0.25, 0.3) is 0 Å². The summed E-state index contributed by atoms with van der Waals surface area (Å²) in [6.45, 7) is 0. The van der Waals surface area contributed by atoms with Crippen LogP contribution in [0.2, 0.25) is 0 Å². The van der Waals surface area contributed by atoms with Crippen molar-refractivity contribution in [1.29, 1.82) is 0 Å². The Bertz CT molecular complexity index is 1030.